The lowest BCUT2D eigenvalue weighted by Gasteiger charge is -2.22. The fraction of sp³-hybridized carbons (Fsp3) is 0.263. The van der Waals surface area contributed by atoms with Crippen molar-refractivity contribution in [2.45, 2.75) is 26.4 Å². The van der Waals surface area contributed by atoms with Gasteiger partial charge in [-0.15, -0.1) is 0 Å². The van der Waals surface area contributed by atoms with Gasteiger partial charge in [-0.1, -0.05) is 66.8 Å². The van der Waals surface area contributed by atoms with Crippen LogP contribution in [0.5, 0.6) is 0 Å². The van der Waals surface area contributed by atoms with Gasteiger partial charge in [0.2, 0.25) is 5.91 Å². The number of carbonyl (C=O) groups excluding carboxylic acids is 2. The van der Waals surface area contributed by atoms with Gasteiger partial charge < -0.3 is 10.6 Å². The van der Waals surface area contributed by atoms with Gasteiger partial charge in [-0.3, -0.25) is 9.59 Å². The summed E-state index contributed by atoms with van der Waals surface area (Å²) in [5.41, 5.74) is 1.07. The molecule has 2 rings (SSSR count). The third-order valence-electron chi connectivity index (χ3n) is 3.82. The van der Waals surface area contributed by atoms with Crippen LogP contribution in [0.15, 0.2) is 42.5 Å². The van der Waals surface area contributed by atoms with Crippen LogP contribution in [0.25, 0.3) is 0 Å². The number of amides is 2. The number of nitrogens with one attached hydrogen (secondary N) is 2. The highest BCUT2D eigenvalue weighted by Crippen LogP contribution is 2.21. The molecule has 0 saturated carbocycles. The fourth-order valence-corrected chi connectivity index (χ4v) is 3.05. The molecule has 0 saturated heterocycles. The smallest absolute Gasteiger partial charge is 0.253 e. The van der Waals surface area contributed by atoms with Gasteiger partial charge in [0.25, 0.3) is 5.91 Å². The van der Waals surface area contributed by atoms with Gasteiger partial charge in [0.05, 0.1) is 10.6 Å². The molecule has 0 aromatic heterocycles. The molecule has 0 fully saturated rings. The van der Waals surface area contributed by atoms with Gasteiger partial charge in [-0.25, -0.2) is 0 Å². The van der Waals surface area contributed by atoms with E-state index in [2.05, 4.69) is 10.6 Å². The predicted molar refractivity (Wildman–Crippen MR) is 106 cm³/mol. The minimum atomic E-state index is -0.704. The van der Waals surface area contributed by atoms with Crippen molar-refractivity contribution in [2.75, 3.05) is 0 Å². The van der Waals surface area contributed by atoms with Crippen LogP contribution in [0, 0.1) is 5.92 Å². The molecule has 2 N–H and O–H groups in total. The Morgan fingerprint density at radius 1 is 1.00 bits per heavy atom. The Morgan fingerprint density at radius 3 is 2.31 bits per heavy atom. The Labute approximate surface area is 167 Å². The fourth-order valence-electron chi connectivity index (χ4n) is 2.36. The van der Waals surface area contributed by atoms with Crippen LogP contribution in [0.1, 0.15) is 29.8 Å². The summed E-state index contributed by atoms with van der Waals surface area (Å²) in [5, 5.41) is 6.87. The number of rotatable bonds is 6. The summed E-state index contributed by atoms with van der Waals surface area (Å²) in [5.74, 6) is -0.803. The number of benzene rings is 2. The van der Waals surface area contributed by atoms with E-state index < -0.39 is 11.9 Å². The van der Waals surface area contributed by atoms with Gasteiger partial charge in [0, 0.05) is 16.6 Å². The molecule has 26 heavy (non-hydrogen) atoms. The zero-order valence-corrected chi connectivity index (χ0v) is 16.6. The van der Waals surface area contributed by atoms with Gasteiger partial charge in [0.1, 0.15) is 6.04 Å². The van der Waals surface area contributed by atoms with Crippen molar-refractivity contribution < 1.29 is 9.59 Å². The van der Waals surface area contributed by atoms with E-state index in [0.717, 1.165) is 5.56 Å². The average Bonchev–Trinajstić information content (AvgIpc) is 2.58. The van der Waals surface area contributed by atoms with Crippen molar-refractivity contribution >= 4 is 46.6 Å². The van der Waals surface area contributed by atoms with Crippen LogP contribution in [0.4, 0.5) is 0 Å². The molecule has 0 aliphatic rings. The number of carbonyl (C=O) groups is 2. The van der Waals surface area contributed by atoms with Crippen LogP contribution in [-0.2, 0) is 11.3 Å². The highest BCUT2D eigenvalue weighted by molar-refractivity contribution is 6.35. The van der Waals surface area contributed by atoms with Crippen molar-refractivity contribution in [3.05, 3.63) is 68.7 Å². The molecule has 0 heterocycles. The lowest BCUT2D eigenvalue weighted by molar-refractivity contribution is -0.124. The summed E-state index contributed by atoms with van der Waals surface area (Å²) in [6, 6.07) is 11.1. The monoisotopic (exact) mass is 412 g/mol. The zero-order valence-electron chi connectivity index (χ0n) is 14.4. The van der Waals surface area contributed by atoms with Crippen LogP contribution in [0.3, 0.4) is 0 Å². The summed E-state index contributed by atoms with van der Waals surface area (Å²) in [7, 11) is 0. The standard InChI is InChI=1S/C19H19Cl3N2O2/c1-11(2)17(24-18(25)14-5-3-4-6-15(14)21)19(26)23-10-12-7-8-13(20)9-16(12)22/h3-9,11,17H,10H2,1-2H3,(H,23,26)(H,24,25). The quantitative estimate of drug-likeness (QED) is 0.720. The molecule has 0 aliphatic carbocycles. The first-order valence-corrected chi connectivity index (χ1v) is 9.20. The minimum absolute atomic E-state index is 0.109. The molecule has 7 heteroatoms. The van der Waals surface area contributed by atoms with E-state index >= 15 is 0 Å². The maximum Gasteiger partial charge on any atom is 0.253 e. The summed E-state index contributed by atoms with van der Waals surface area (Å²) in [6.45, 7) is 3.94. The van der Waals surface area contributed by atoms with E-state index in [1.165, 1.54) is 0 Å². The van der Waals surface area contributed by atoms with Crippen LogP contribution in [-0.4, -0.2) is 17.9 Å². The van der Waals surface area contributed by atoms with Gasteiger partial charge >= 0.3 is 0 Å². The maximum absolute atomic E-state index is 12.6. The van der Waals surface area contributed by atoms with Gasteiger partial charge in [0.15, 0.2) is 0 Å². The second-order valence-electron chi connectivity index (χ2n) is 6.13. The van der Waals surface area contributed by atoms with Crippen molar-refractivity contribution in [3.8, 4) is 0 Å². The molecule has 0 aliphatic heterocycles. The molecule has 2 aromatic carbocycles. The Bertz CT molecular complexity index is 809. The van der Waals surface area contributed by atoms with Gasteiger partial charge in [-0.05, 0) is 35.7 Å². The summed E-state index contributed by atoms with van der Waals surface area (Å²) >= 11 is 18.0. The summed E-state index contributed by atoms with van der Waals surface area (Å²) in [6.07, 6.45) is 0. The predicted octanol–water partition coefficient (Wildman–Crippen LogP) is 4.72. The SMILES string of the molecule is CC(C)C(NC(=O)c1ccccc1Cl)C(=O)NCc1ccc(Cl)cc1Cl. The Morgan fingerprint density at radius 2 is 1.69 bits per heavy atom. The number of halogens is 3. The topological polar surface area (TPSA) is 58.2 Å². The van der Waals surface area contributed by atoms with E-state index in [9.17, 15) is 9.59 Å². The number of hydrogen-bond donors (Lipinski definition) is 2. The second-order valence-corrected chi connectivity index (χ2v) is 7.38. The molecule has 1 unspecified atom stereocenters. The average molecular weight is 414 g/mol. The number of hydrogen-bond acceptors (Lipinski definition) is 2. The molecule has 138 valence electrons. The normalized spacial score (nSPS) is 11.9. The third-order valence-corrected chi connectivity index (χ3v) is 4.74. The van der Waals surface area contributed by atoms with Crippen LogP contribution >= 0.6 is 34.8 Å². The van der Waals surface area contributed by atoms with Crippen molar-refractivity contribution in [3.63, 3.8) is 0 Å². The van der Waals surface area contributed by atoms with Gasteiger partial charge in [-0.2, -0.15) is 0 Å². The van der Waals surface area contributed by atoms with E-state index in [-0.39, 0.29) is 18.4 Å². The Balaban J connectivity index is 2.05. The van der Waals surface area contributed by atoms with Crippen molar-refractivity contribution in [1.82, 2.24) is 10.6 Å². The van der Waals surface area contributed by atoms with Crippen molar-refractivity contribution in [2.24, 2.45) is 5.92 Å². The molecular weight excluding hydrogens is 395 g/mol. The molecule has 2 amide bonds. The molecule has 0 bridgehead atoms. The summed E-state index contributed by atoms with van der Waals surface area (Å²) < 4.78 is 0. The second kappa shape index (κ2) is 9.26. The molecule has 0 spiro atoms. The van der Waals surface area contributed by atoms with E-state index in [0.29, 0.717) is 20.6 Å². The molecule has 2 aromatic rings. The summed E-state index contributed by atoms with van der Waals surface area (Å²) in [4.78, 5) is 25.0. The Kier molecular flexibility index (Phi) is 7.33. The van der Waals surface area contributed by atoms with Crippen LogP contribution in [0.2, 0.25) is 15.1 Å². The highest BCUT2D eigenvalue weighted by Gasteiger charge is 2.25. The Hall–Kier alpha value is -1.75. The first-order valence-electron chi connectivity index (χ1n) is 8.06. The molecular formula is C19H19Cl3N2O2. The highest BCUT2D eigenvalue weighted by atomic mass is 35.5. The van der Waals surface area contributed by atoms with E-state index in [4.69, 9.17) is 34.8 Å². The first kappa shape index (κ1) is 20.6. The molecule has 4 nitrogen and oxygen atoms in total. The van der Waals surface area contributed by atoms with Crippen LogP contribution < -0.4 is 10.6 Å². The first-order chi connectivity index (χ1) is 12.3. The van der Waals surface area contributed by atoms with Crippen molar-refractivity contribution in [1.29, 1.82) is 0 Å². The lowest BCUT2D eigenvalue weighted by Crippen LogP contribution is -2.49. The zero-order chi connectivity index (χ0) is 19.3. The largest absolute Gasteiger partial charge is 0.350 e. The maximum atomic E-state index is 12.6. The third kappa shape index (κ3) is 5.37. The van der Waals surface area contributed by atoms with E-state index in [1.807, 2.05) is 13.8 Å². The molecule has 1 atom stereocenters. The lowest BCUT2D eigenvalue weighted by atomic mass is 10.0. The minimum Gasteiger partial charge on any atom is -0.350 e. The molecule has 0 radical (unpaired) electrons. The van der Waals surface area contributed by atoms with E-state index in [1.54, 1.807) is 42.5 Å².